The van der Waals surface area contributed by atoms with Gasteiger partial charge in [-0.05, 0) is 61.4 Å². The highest BCUT2D eigenvalue weighted by atomic mass is 79.9. The molecule has 0 N–H and O–H groups in total. The van der Waals surface area contributed by atoms with Gasteiger partial charge in [-0.2, -0.15) is 4.31 Å². The molecule has 0 saturated heterocycles. The van der Waals surface area contributed by atoms with Crippen LogP contribution in [0.1, 0.15) is 16.7 Å². The van der Waals surface area contributed by atoms with Crippen LogP contribution in [-0.4, -0.2) is 31.7 Å². The summed E-state index contributed by atoms with van der Waals surface area (Å²) in [6, 6.07) is 16.1. The first-order valence-corrected chi connectivity index (χ1v) is 12.9. The van der Waals surface area contributed by atoms with Crippen molar-refractivity contribution in [1.29, 1.82) is 0 Å². The molecule has 0 aromatic heterocycles. The van der Waals surface area contributed by atoms with Crippen molar-refractivity contribution in [2.24, 2.45) is 0 Å². The van der Waals surface area contributed by atoms with Crippen LogP contribution in [0, 0.1) is 12.7 Å². The fourth-order valence-electron chi connectivity index (χ4n) is 3.81. The molecular weight excluding hydrogens is 531 g/mol. The van der Waals surface area contributed by atoms with E-state index in [1.807, 2.05) is 25.1 Å². The number of nitrogens with zero attached hydrogens (tertiary/aromatic N) is 2. The molecule has 1 heterocycles. The van der Waals surface area contributed by atoms with Gasteiger partial charge in [-0.25, -0.2) is 12.8 Å². The Kier molecular flexibility index (Phi) is 6.91. The first-order valence-electron chi connectivity index (χ1n) is 10.3. The number of carbonyl (C=O) groups excluding carboxylic acids is 1. The number of anilines is 1. The summed E-state index contributed by atoms with van der Waals surface area (Å²) in [5, 5.41) is 0.0999. The summed E-state index contributed by atoms with van der Waals surface area (Å²) in [5.74, 6) is -1.02. The van der Waals surface area contributed by atoms with Crippen LogP contribution in [0.2, 0.25) is 5.02 Å². The van der Waals surface area contributed by atoms with Gasteiger partial charge in [0.25, 0.3) is 0 Å². The summed E-state index contributed by atoms with van der Waals surface area (Å²) < 4.78 is 43.4. The predicted octanol–water partition coefficient (Wildman–Crippen LogP) is 5.33. The van der Waals surface area contributed by atoms with Gasteiger partial charge < -0.3 is 4.90 Å². The van der Waals surface area contributed by atoms with E-state index in [1.54, 1.807) is 17.0 Å². The highest BCUT2D eigenvalue weighted by Gasteiger charge is 2.32. The maximum atomic E-state index is 14.5. The van der Waals surface area contributed by atoms with Crippen molar-refractivity contribution in [3.05, 3.63) is 92.7 Å². The normalized spacial score (nSPS) is 13.4. The summed E-state index contributed by atoms with van der Waals surface area (Å²) in [4.78, 5) is 14.9. The van der Waals surface area contributed by atoms with Crippen LogP contribution < -0.4 is 4.90 Å². The molecule has 3 aromatic carbocycles. The van der Waals surface area contributed by atoms with Gasteiger partial charge in [0, 0.05) is 33.8 Å². The molecule has 0 radical (unpaired) electrons. The van der Waals surface area contributed by atoms with E-state index >= 15 is 0 Å². The quantitative estimate of drug-likeness (QED) is 0.416. The van der Waals surface area contributed by atoms with Gasteiger partial charge >= 0.3 is 0 Å². The topological polar surface area (TPSA) is 57.7 Å². The van der Waals surface area contributed by atoms with E-state index in [2.05, 4.69) is 15.9 Å². The van der Waals surface area contributed by atoms with Gasteiger partial charge in [-0.1, -0.05) is 51.3 Å². The number of amides is 1. The van der Waals surface area contributed by atoms with Crippen molar-refractivity contribution in [2.75, 3.05) is 18.0 Å². The molecule has 0 fully saturated rings. The summed E-state index contributed by atoms with van der Waals surface area (Å²) in [6.07, 6.45) is 0.671. The van der Waals surface area contributed by atoms with Gasteiger partial charge in [-0.15, -0.1) is 0 Å². The van der Waals surface area contributed by atoms with Crippen LogP contribution in [0.3, 0.4) is 0 Å². The maximum Gasteiger partial charge on any atom is 0.243 e. The highest BCUT2D eigenvalue weighted by molar-refractivity contribution is 9.10. The van der Waals surface area contributed by atoms with Gasteiger partial charge in [-0.3, -0.25) is 4.79 Å². The highest BCUT2D eigenvalue weighted by Crippen LogP contribution is 2.31. The van der Waals surface area contributed by atoms with E-state index in [0.717, 1.165) is 25.6 Å². The lowest BCUT2D eigenvalue weighted by Gasteiger charge is -2.26. The van der Waals surface area contributed by atoms with Crippen LogP contribution in [0.5, 0.6) is 0 Å². The fraction of sp³-hybridized carbons (Fsp3) is 0.208. The molecule has 3 aromatic rings. The third kappa shape index (κ3) is 4.99. The molecule has 9 heteroatoms. The Bertz CT molecular complexity index is 1300. The molecule has 172 valence electrons. The molecule has 1 aliphatic heterocycles. The molecule has 1 amide bonds. The number of halogens is 3. The lowest BCUT2D eigenvalue weighted by Crippen LogP contribution is -2.42. The third-order valence-electron chi connectivity index (χ3n) is 5.60. The summed E-state index contributed by atoms with van der Waals surface area (Å²) >= 11 is 9.61. The van der Waals surface area contributed by atoms with Crippen LogP contribution in [0.4, 0.5) is 10.1 Å². The molecule has 0 unspecified atom stereocenters. The molecular formula is C24H21BrClFN2O3S. The number of aryl methyl sites for hydroxylation is 1. The summed E-state index contributed by atoms with van der Waals surface area (Å²) in [6.45, 7) is 1.48. The van der Waals surface area contributed by atoms with Crippen molar-refractivity contribution >= 4 is 49.1 Å². The minimum Gasteiger partial charge on any atom is -0.311 e. The number of rotatable bonds is 6. The van der Waals surface area contributed by atoms with Gasteiger partial charge in [0.2, 0.25) is 15.9 Å². The Morgan fingerprint density at radius 1 is 1.15 bits per heavy atom. The van der Waals surface area contributed by atoms with E-state index in [9.17, 15) is 17.6 Å². The van der Waals surface area contributed by atoms with Crippen LogP contribution in [-0.2, 0) is 27.8 Å². The van der Waals surface area contributed by atoms with E-state index in [1.165, 1.54) is 30.3 Å². The molecule has 33 heavy (non-hydrogen) atoms. The molecule has 5 nitrogen and oxygen atoms in total. The Morgan fingerprint density at radius 2 is 1.88 bits per heavy atom. The SMILES string of the molecule is Cc1ccc(S(=O)(=O)N(CC(=O)N2CCc3cc(Br)ccc32)Cc2c(F)cccc2Cl)cc1. The largest absolute Gasteiger partial charge is 0.311 e. The van der Waals surface area contributed by atoms with Crippen LogP contribution >= 0.6 is 27.5 Å². The molecule has 0 spiro atoms. The number of benzene rings is 3. The molecule has 0 bridgehead atoms. The van der Waals surface area contributed by atoms with Crippen molar-refractivity contribution < 1.29 is 17.6 Å². The lowest BCUT2D eigenvalue weighted by molar-refractivity contribution is -0.118. The number of fused-ring (bicyclic) bond motifs is 1. The van der Waals surface area contributed by atoms with Crippen LogP contribution in [0.25, 0.3) is 0 Å². The maximum absolute atomic E-state index is 14.5. The minimum absolute atomic E-state index is 0.0217. The van der Waals surface area contributed by atoms with Crippen molar-refractivity contribution in [3.8, 4) is 0 Å². The van der Waals surface area contributed by atoms with Crippen molar-refractivity contribution in [2.45, 2.75) is 24.8 Å². The average molecular weight is 552 g/mol. The molecule has 0 atom stereocenters. The van der Waals surface area contributed by atoms with Gasteiger partial charge in [0.05, 0.1) is 11.4 Å². The van der Waals surface area contributed by atoms with Gasteiger partial charge in [0.1, 0.15) is 5.82 Å². The number of hydrogen-bond acceptors (Lipinski definition) is 3. The smallest absolute Gasteiger partial charge is 0.243 e. The second kappa shape index (κ2) is 9.54. The fourth-order valence-corrected chi connectivity index (χ4v) is 5.80. The zero-order chi connectivity index (χ0) is 23.8. The average Bonchev–Trinajstić information content (AvgIpc) is 3.19. The van der Waals surface area contributed by atoms with E-state index < -0.39 is 22.4 Å². The summed E-state index contributed by atoms with van der Waals surface area (Å²) in [7, 11) is -4.11. The molecule has 0 saturated carbocycles. The Morgan fingerprint density at radius 3 is 2.58 bits per heavy atom. The van der Waals surface area contributed by atoms with E-state index in [4.69, 9.17) is 11.6 Å². The second-order valence-corrected chi connectivity index (χ2v) is 11.1. The molecule has 1 aliphatic rings. The van der Waals surface area contributed by atoms with Gasteiger partial charge in [0.15, 0.2) is 0 Å². The zero-order valence-corrected chi connectivity index (χ0v) is 20.9. The minimum atomic E-state index is -4.11. The molecule has 4 rings (SSSR count). The van der Waals surface area contributed by atoms with E-state index in [-0.39, 0.29) is 27.9 Å². The number of carbonyl (C=O) groups is 1. The second-order valence-electron chi connectivity index (χ2n) is 7.85. The van der Waals surface area contributed by atoms with Crippen LogP contribution in [0.15, 0.2) is 70.0 Å². The third-order valence-corrected chi connectivity index (χ3v) is 8.26. The predicted molar refractivity (Wildman–Crippen MR) is 130 cm³/mol. The Balaban J connectivity index is 1.69. The first kappa shape index (κ1) is 23.9. The number of hydrogen-bond donors (Lipinski definition) is 0. The van der Waals surface area contributed by atoms with Crippen molar-refractivity contribution in [3.63, 3.8) is 0 Å². The zero-order valence-electron chi connectivity index (χ0n) is 17.8. The van der Waals surface area contributed by atoms with E-state index in [0.29, 0.717) is 13.0 Å². The lowest BCUT2D eigenvalue weighted by atomic mass is 10.2. The first-order chi connectivity index (χ1) is 15.7. The number of sulfonamides is 1. The Labute approximate surface area is 206 Å². The monoisotopic (exact) mass is 550 g/mol. The Hall–Kier alpha value is -2.26. The van der Waals surface area contributed by atoms with Crippen molar-refractivity contribution in [1.82, 2.24) is 4.31 Å². The molecule has 0 aliphatic carbocycles. The standard InChI is InChI=1S/C24H21BrClFN2O3S/c1-16-5-8-19(9-6-16)33(31,32)28(14-20-21(26)3-2-4-22(20)27)15-24(30)29-12-11-17-13-18(25)7-10-23(17)29/h2-10,13H,11-12,14-15H2,1H3. The summed E-state index contributed by atoms with van der Waals surface area (Å²) in [5.41, 5.74) is 2.67.